The van der Waals surface area contributed by atoms with Gasteiger partial charge in [-0.3, -0.25) is 14.8 Å². The van der Waals surface area contributed by atoms with Gasteiger partial charge in [0.25, 0.3) is 5.91 Å². The second-order valence-corrected chi connectivity index (χ2v) is 8.78. The summed E-state index contributed by atoms with van der Waals surface area (Å²) in [5.74, 6) is -1.08. The fraction of sp³-hybridized carbons (Fsp3) is 0.208. The molecule has 1 atom stereocenters. The number of nitrogens with two attached hydrogens (primary N) is 1. The van der Waals surface area contributed by atoms with E-state index in [0.717, 1.165) is 0 Å². The number of carbonyl (C=O) groups excluding carboxylic acids is 1. The van der Waals surface area contributed by atoms with Gasteiger partial charge in [0.05, 0.1) is 35.9 Å². The lowest BCUT2D eigenvalue weighted by Gasteiger charge is -2.42. The average molecular weight is 454 g/mol. The van der Waals surface area contributed by atoms with Gasteiger partial charge in [0.1, 0.15) is 13.7 Å². The third-order valence-corrected chi connectivity index (χ3v) is 6.80. The first-order chi connectivity index (χ1) is 16.4. The molecule has 4 heterocycles. The molecular formula is C24H18B2F2N4O2. The van der Waals surface area contributed by atoms with Gasteiger partial charge in [0.15, 0.2) is 0 Å². The number of nitrogens with zero attached hydrogens (tertiary/aromatic N) is 3. The van der Waals surface area contributed by atoms with E-state index in [1.54, 1.807) is 42.6 Å². The number of fused-ring (bicyclic) bond motifs is 4. The van der Waals surface area contributed by atoms with Gasteiger partial charge in [-0.25, -0.2) is 4.39 Å². The molecule has 3 aliphatic rings. The summed E-state index contributed by atoms with van der Waals surface area (Å²) in [6.45, 7) is -0.950. The van der Waals surface area contributed by atoms with E-state index in [4.69, 9.17) is 18.3 Å². The molecule has 34 heavy (non-hydrogen) atoms. The topological polar surface area (TPSA) is 80.8 Å². The maximum atomic E-state index is 16.1. The van der Waals surface area contributed by atoms with Crippen molar-refractivity contribution in [2.75, 3.05) is 18.9 Å². The van der Waals surface area contributed by atoms with Crippen molar-refractivity contribution >= 4 is 38.1 Å². The summed E-state index contributed by atoms with van der Waals surface area (Å²) in [5.41, 5.74) is 8.94. The average Bonchev–Trinajstić information content (AvgIpc) is 3.02. The summed E-state index contributed by atoms with van der Waals surface area (Å²) in [7, 11) is 6.51. The van der Waals surface area contributed by atoms with E-state index in [1.165, 1.54) is 17.2 Å². The van der Waals surface area contributed by atoms with Crippen molar-refractivity contribution in [3.05, 3.63) is 76.9 Å². The van der Waals surface area contributed by atoms with Gasteiger partial charge in [-0.05, 0) is 40.9 Å². The number of ether oxygens (including phenoxy) is 1. The van der Waals surface area contributed by atoms with Gasteiger partial charge in [-0.15, -0.1) is 0 Å². The Morgan fingerprint density at radius 3 is 2.82 bits per heavy atom. The van der Waals surface area contributed by atoms with E-state index in [0.29, 0.717) is 35.6 Å². The number of rotatable bonds is 3. The predicted molar refractivity (Wildman–Crippen MR) is 126 cm³/mol. The van der Waals surface area contributed by atoms with Gasteiger partial charge < -0.3 is 19.7 Å². The second kappa shape index (κ2) is 7.50. The molecule has 1 amide bonds. The molecule has 6 rings (SSSR count). The Bertz CT molecular complexity index is 1380. The Kier molecular flexibility index (Phi) is 4.64. The molecule has 1 aromatic heterocycles. The lowest BCUT2D eigenvalue weighted by atomic mass is 9.37. The fourth-order valence-electron chi connectivity index (χ4n) is 4.87. The quantitative estimate of drug-likeness (QED) is 0.373. The minimum atomic E-state index is -1.88. The van der Waals surface area contributed by atoms with Gasteiger partial charge in [0.2, 0.25) is 0 Å². The molecule has 166 valence electrons. The third kappa shape index (κ3) is 2.88. The maximum absolute atomic E-state index is 16.1. The van der Waals surface area contributed by atoms with Crippen molar-refractivity contribution in [1.82, 2.24) is 9.88 Å². The summed E-state index contributed by atoms with van der Waals surface area (Å²) in [6.07, 6.45) is 3.12. The van der Waals surface area contributed by atoms with Crippen LogP contribution in [0.1, 0.15) is 27.2 Å². The van der Waals surface area contributed by atoms with Crippen LogP contribution in [0, 0.1) is 5.82 Å². The molecule has 3 aromatic rings. The SMILES string of the molecule is [B]C12B(F)c3cc(-c4cccc(N)c4C=NC4COC4)cc(F)c3CN1C(=O)c1cccnc12. The first kappa shape index (κ1) is 21.0. The Morgan fingerprint density at radius 2 is 2.06 bits per heavy atom. The van der Waals surface area contributed by atoms with Gasteiger partial charge in [-0.2, -0.15) is 0 Å². The lowest BCUT2D eigenvalue weighted by Crippen LogP contribution is -2.63. The highest BCUT2D eigenvalue weighted by atomic mass is 19.1. The normalized spacial score (nSPS) is 21.4. The van der Waals surface area contributed by atoms with E-state index < -0.39 is 24.1 Å². The van der Waals surface area contributed by atoms with Crippen LogP contribution in [-0.4, -0.2) is 56.1 Å². The van der Waals surface area contributed by atoms with Crippen LogP contribution in [0.4, 0.5) is 14.4 Å². The van der Waals surface area contributed by atoms with Gasteiger partial charge >= 0.3 is 6.99 Å². The summed E-state index contributed by atoms with van der Waals surface area (Å²) in [5, 5.41) is -1.81. The number of aliphatic imine (C=N–C) groups is 1. The summed E-state index contributed by atoms with van der Waals surface area (Å²) in [6, 6.07) is 11.4. The van der Waals surface area contributed by atoms with Crippen molar-refractivity contribution in [2.24, 2.45) is 4.99 Å². The number of anilines is 1. The number of pyridine rings is 1. The zero-order valence-electron chi connectivity index (χ0n) is 18.0. The number of hydrogen-bond acceptors (Lipinski definition) is 5. The molecule has 10 heteroatoms. The Labute approximate surface area is 196 Å². The minimum absolute atomic E-state index is 0.0542. The summed E-state index contributed by atoms with van der Waals surface area (Å²) >= 11 is 0. The number of carbonyl (C=O) groups is 1. The number of hydrogen-bond donors (Lipinski definition) is 1. The van der Waals surface area contributed by atoms with E-state index in [-0.39, 0.29) is 34.9 Å². The number of benzene rings is 2. The van der Waals surface area contributed by atoms with Crippen molar-refractivity contribution in [3.8, 4) is 11.1 Å². The Morgan fingerprint density at radius 1 is 1.26 bits per heavy atom. The number of nitrogen functional groups attached to an aromatic ring is 1. The largest absolute Gasteiger partial charge is 0.404 e. The van der Waals surface area contributed by atoms with Crippen molar-refractivity contribution in [1.29, 1.82) is 0 Å². The number of aromatic nitrogens is 1. The van der Waals surface area contributed by atoms with Crippen molar-refractivity contribution in [2.45, 2.75) is 17.9 Å². The van der Waals surface area contributed by atoms with Gasteiger partial charge in [0, 0.05) is 35.8 Å². The van der Waals surface area contributed by atoms with Crippen LogP contribution < -0.4 is 11.2 Å². The number of amides is 1. The van der Waals surface area contributed by atoms with Crippen LogP contribution in [0.15, 0.2) is 53.7 Å². The molecule has 3 aliphatic heterocycles. The van der Waals surface area contributed by atoms with Crippen molar-refractivity contribution < 1.29 is 18.2 Å². The summed E-state index contributed by atoms with van der Waals surface area (Å²) in [4.78, 5) is 22.8. The molecule has 2 aromatic carbocycles. The lowest BCUT2D eigenvalue weighted by molar-refractivity contribution is 0.0135. The minimum Gasteiger partial charge on any atom is -0.398 e. The standard InChI is InChI=1S/C24H18B2F2N4O2/c25-24-22-16(4-2-6-30-22)23(33)32(24)10-18-19(26(24)28)7-13(8-20(18)27)15-3-1-5-21(29)17(15)9-31-14-11-34-12-14/h1-9,14H,10-12,29H2. The Balaban J connectivity index is 1.48. The highest BCUT2D eigenvalue weighted by molar-refractivity contribution is 6.77. The first-order valence-corrected chi connectivity index (χ1v) is 10.9. The third-order valence-electron chi connectivity index (χ3n) is 6.80. The Hall–Kier alpha value is -3.52. The molecule has 0 bridgehead atoms. The van der Waals surface area contributed by atoms with Crippen LogP contribution >= 0.6 is 0 Å². The van der Waals surface area contributed by atoms with Crippen LogP contribution in [0.5, 0.6) is 0 Å². The maximum Gasteiger partial charge on any atom is 0.404 e. The van der Waals surface area contributed by atoms with Crippen LogP contribution in [0.2, 0.25) is 0 Å². The van der Waals surface area contributed by atoms with E-state index in [1.807, 2.05) is 0 Å². The zero-order chi connectivity index (χ0) is 23.6. The van der Waals surface area contributed by atoms with Crippen LogP contribution in [0.25, 0.3) is 11.1 Å². The molecule has 0 spiro atoms. The smallest absolute Gasteiger partial charge is 0.398 e. The molecule has 2 radical (unpaired) electrons. The molecular weight excluding hydrogens is 436 g/mol. The molecule has 1 saturated heterocycles. The second-order valence-electron chi connectivity index (χ2n) is 8.78. The molecule has 6 nitrogen and oxygen atoms in total. The van der Waals surface area contributed by atoms with Crippen LogP contribution in [-0.2, 0) is 16.6 Å². The monoisotopic (exact) mass is 454 g/mol. The molecule has 0 aliphatic carbocycles. The molecule has 1 unspecified atom stereocenters. The van der Waals surface area contributed by atoms with E-state index >= 15 is 8.71 Å². The number of halogens is 2. The van der Waals surface area contributed by atoms with Crippen molar-refractivity contribution in [3.63, 3.8) is 0 Å². The predicted octanol–water partition coefficient (Wildman–Crippen LogP) is 1.99. The first-order valence-electron chi connectivity index (χ1n) is 10.9. The summed E-state index contributed by atoms with van der Waals surface area (Å²) < 4.78 is 36.7. The highest BCUT2D eigenvalue weighted by Gasteiger charge is 2.58. The molecule has 1 fully saturated rings. The molecule has 0 saturated carbocycles. The molecule has 2 N–H and O–H groups in total. The highest BCUT2D eigenvalue weighted by Crippen LogP contribution is 2.42. The zero-order valence-corrected chi connectivity index (χ0v) is 18.0. The van der Waals surface area contributed by atoms with Gasteiger partial charge in [-0.1, -0.05) is 18.2 Å². The van der Waals surface area contributed by atoms with Crippen LogP contribution in [0.3, 0.4) is 0 Å². The van der Waals surface area contributed by atoms with E-state index in [2.05, 4.69) is 9.98 Å². The van der Waals surface area contributed by atoms with E-state index in [9.17, 15) is 4.79 Å². The fourth-order valence-corrected chi connectivity index (χ4v) is 4.87.